The van der Waals surface area contributed by atoms with Gasteiger partial charge in [0.15, 0.2) is 0 Å². The summed E-state index contributed by atoms with van der Waals surface area (Å²) in [5.74, 6) is 1.67. The van der Waals surface area contributed by atoms with Crippen molar-refractivity contribution in [2.75, 3.05) is 0 Å². The van der Waals surface area contributed by atoms with Gasteiger partial charge in [-0.25, -0.2) is 4.98 Å². The van der Waals surface area contributed by atoms with Gasteiger partial charge in [0.1, 0.15) is 10.7 Å². The number of fused-ring (bicyclic) bond motifs is 1. The van der Waals surface area contributed by atoms with Crippen LogP contribution in [0.1, 0.15) is 27.7 Å². The fourth-order valence-corrected chi connectivity index (χ4v) is 3.96. The van der Waals surface area contributed by atoms with Gasteiger partial charge in [-0.15, -0.1) is 11.3 Å². The highest BCUT2D eigenvalue weighted by Gasteiger charge is 2.13. The van der Waals surface area contributed by atoms with E-state index >= 15 is 0 Å². The van der Waals surface area contributed by atoms with Gasteiger partial charge in [0.25, 0.3) is 5.56 Å². The Kier molecular flexibility index (Phi) is 4.59. The molecule has 0 unspecified atom stereocenters. The number of hydrogen-bond donors (Lipinski definition) is 2. The highest BCUT2D eigenvalue weighted by molar-refractivity contribution is 7.18. The molecule has 0 saturated heterocycles. The number of thiophene rings is 1. The molecule has 3 N–H and O–H groups in total. The number of H-pyrrole nitrogens is 1. The van der Waals surface area contributed by atoms with Gasteiger partial charge < -0.3 is 15.2 Å². The smallest absolute Gasteiger partial charge is 0.259 e. The van der Waals surface area contributed by atoms with E-state index in [-0.39, 0.29) is 5.56 Å². The van der Waals surface area contributed by atoms with Gasteiger partial charge in [0.05, 0.1) is 5.39 Å². The molecule has 27 heavy (non-hydrogen) atoms. The quantitative estimate of drug-likeness (QED) is 0.550. The molecule has 0 aliphatic rings. The molecule has 0 atom stereocenters. The maximum atomic E-state index is 12.3. The Balaban J connectivity index is 1.51. The number of aromatic amines is 1. The van der Waals surface area contributed by atoms with Crippen LogP contribution < -0.4 is 11.3 Å². The molecule has 0 aliphatic heterocycles. The SMILES string of the molecule is Cc1sc2nc(CCc3nc(-c4ccc(CN)cc4)no3)[nH]c(=O)c2c1C. The summed E-state index contributed by atoms with van der Waals surface area (Å²) in [6.07, 6.45) is 1.03. The van der Waals surface area contributed by atoms with Crippen LogP contribution in [0, 0.1) is 13.8 Å². The largest absolute Gasteiger partial charge is 0.339 e. The normalized spacial score (nSPS) is 11.4. The van der Waals surface area contributed by atoms with E-state index in [4.69, 9.17) is 10.3 Å². The highest BCUT2D eigenvalue weighted by Crippen LogP contribution is 2.25. The molecular formula is C19H19N5O2S. The van der Waals surface area contributed by atoms with Crippen molar-refractivity contribution in [1.82, 2.24) is 20.1 Å². The van der Waals surface area contributed by atoms with Gasteiger partial charge >= 0.3 is 0 Å². The van der Waals surface area contributed by atoms with Crippen LogP contribution in [0.5, 0.6) is 0 Å². The summed E-state index contributed by atoms with van der Waals surface area (Å²) in [5.41, 5.74) is 8.44. The van der Waals surface area contributed by atoms with Gasteiger partial charge in [-0.2, -0.15) is 4.98 Å². The maximum absolute atomic E-state index is 12.3. The zero-order valence-electron chi connectivity index (χ0n) is 15.1. The van der Waals surface area contributed by atoms with Gasteiger partial charge in [0.2, 0.25) is 11.7 Å². The lowest BCUT2D eigenvalue weighted by molar-refractivity contribution is 0.378. The molecule has 7 nitrogen and oxygen atoms in total. The second-order valence-electron chi connectivity index (χ2n) is 6.39. The Morgan fingerprint density at radius 3 is 2.67 bits per heavy atom. The first-order valence-electron chi connectivity index (χ1n) is 8.66. The van der Waals surface area contributed by atoms with Crippen molar-refractivity contribution in [3.05, 3.63) is 62.3 Å². The second-order valence-corrected chi connectivity index (χ2v) is 7.59. The average molecular weight is 381 g/mol. The molecule has 0 spiro atoms. The predicted octanol–water partition coefficient (Wildman–Crippen LogP) is 2.90. The van der Waals surface area contributed by atoms with Crippen molar-refractivity contribution in [3.8, 4) is 11.4 Å². The number of benzene rings is 1. The highest BCUT2D eigenvalue weighted by atomic mass is 32.1. The molecule has 4 rings (SSSR count). The molecule has 0 amide bonds. The third kappa shape index (κ3) is 3.41. The van der Waals surface area contributed by atoms with Crippen LogP contribution in [0.3, 0.4) is 0 Å². The minimum Gasteiger partial charge on any atom is -0.339 e. The molecule has 1 aromatic carbocycles. The summed E-state index contributed by atoms with van der Waals surface area (Å²) in [6, 6.07) is 7.73. The van der Waals surface area contributed by atoms with Crippen LogP contribution in [-0.4, -0.2) is 20.1 Å². The van der Waals surface area contributed by atoms with E-state index in [2.05, 4.69) is 20.1 Å². The molecule has 138 valence electrons. The summed E-state index contributed by atoms with van der Waals surface area (Å²) in [4.78, 5) is 26.1. The standard InChI is InChI=1S/C19H19N5O2S/c1-10-11(2)27-19-16(10)18(25)21-14(22-19)7-8-15-23-17(24-26-15)13-5-3-12(9-20)4-6-13/h3-6H,7-9,20H2,1-2H3,(H,21,22,25). The lowest BCUT2D eigenvalue weighted by Gasteiger charge is -1.99. The zero-order valence-corrected chi connectivity index (χ0v) is 15.9. The Hall–Kier alpha value is -2.84. The number of nitrogens with zero attached hydrogens (tertiary/aromatic N) is 3. The second kappa shape index (κ2) is 7.05. The zero-order chi connectivity index (χ0) is 19.0. The Labute approximate surface area is 159 Å². The molecule has 4 aromatic rings. The monoisotopic (exact) mass is 381 g/mol. The van der Waals surface area contributed by atoms with E-state index in [9.17, 15) is 4.79 Å². The van der Waals surface area contributed by atoms with Crippen molar-refractivity contribution in [2.24, 2.45) is 5.73 Å². The lowest BCUT2D eigenvalue weighted by Crippen LogP contribution is -2.12. The first-order valence-corrected chi connectivity index (χ1v) is 9.47. The Morgan fingerprint density at radius 2 is 1.93 bits per heavy atom. The molecule has 0 radical (unpaired) electrons. The summed E-state index contributed by atoms with van der Waals surface area (Å²) in [6.45, 7) is 4.45. The number of nitrogens with two attached hydrogens (primary N) is 1. The minimum absolute atomic E-state index is 0.0944. The average Bonchev–Trinajstić information content (AvgIpc) is 3.25. The van der Waals surface area contributed by atoms with Crippen LogP contribution >= 0.6 is 11.3 Å². The van der Waals surface area contributed by atoms with E-state index in [1.165, 1.54) is 0 Å². The molecule has 0 fully saturated rings. The summed E-state index contributed by atoms with van der Waals surface area (Å²) >= 11 is 1.54. The minimum atomic E-state index is -0.0944. The van der Waals surface area contributed by atoms with Crippen LogP contribution in [0.4, 0.5) is 0 Å². The van der Waals surface area contributed by atoms with Crippen molar-refractivity contribution in [1.29, 1.82) is 0 Å². The van der Waals surface area contributed by atoms with Gasteiger partial charge in [-0.3, -0.25) is 4.79 Å². The van der Waals surface area contributed by atoms with E-state index in [1.54, 1.807) is 11.3 Å². The fourth-order valence-electron chi connectivity index (χ4n) is 2.91. The van der Waals surface area contributed by atoms with Gasteiger partial charge in [0, 0.05) is 29.8 Å². The number of hydrogen-bond acceptors (Lipinski definition) is 7. The molecular weight excluding hydrogens is 362 g/mol. The number of nitrogens with one attached hydrogen (secondary N) is 1. The van der Waals surface area contributed by atoms with Crippen molar-refractivity contribution in [3.63, 3.8) is 0 Å². The van der Waals surface area contributed by atoms with E-state index in [1.807, 2.05) is 38.1 Å². The van der Waals surface area contributed by atoms with E-state index in [0.29, 0.717) is 42.3 Å². The number of aryl methyl sites for hydroxylation is 4. The molecule has 3 aromatic heterocycles. The third-order valence-electron chi connectivity index (χ3n) is 4.58. The Bertz CT molecular complexity index is 1160. The molecule has 0 aliphatic carbocycles. The van der Waals surface area contributed by atoms with Gasteiger partial charge in [-0.05, 0) is 25.0 Å². The van der Waals surface area contributed by atoms with E-state index in [0.717, 1.165) is 26.4 Å². The van der Waals surface area contributed by atoms with Crippen LogP contribution in [0.25, 0.3) is 21.6 Å². The molecule has 0 bridgehead atoms. The summed E-state index contributed by atoms with van der Waals surface area (Å²) in [7, 11) is 0. The fraction of sp³-hybridized carbons (Fsp3) is 0.263. The molecule has 3 heterocycles. The topological polar surface area (TPSA) is 111 Å². The first kappa shape index (κ1) is 17.6. The van der Waals surface area contributed by atoms with Crippen LogP contribution in [-0.2, 0) is 19.4 Å². The number of aromatic nitrogens is 4. The summed E-state index contributed by atoms with van der Waals surface area (Å²) in [5, 5.41) is 4.71. The first-order chi connectivity index (χ1) is 13.0. The van der Waals surface area contributed by atoms with E-state index < -0.39 is 0 Å². The predicted molar refractivity (Wildman–Crippen MR) is 105 cm³/mol. The van der Waals surface area contributed by atoms with Gasteiger partial charge in [-0.1, -0.05) is 29.4 Å². The lowest BCUT2D eigenvalue weighted by atomic mass is 10.1. The van der Waals surface area contributed by atoms with Crippen LogP contribution in [0.15, 0.2) is 33.6 Å². The van der Waals surface area contributed by atoms with Crippen molar-refractivity contribution >= 4 is 21.6 Å². The molecule has 0 saturated carbocycles. The maximum Gasteiger partial charge on any atom is 0.259 e. The van der Waals surface area contributed by atoms with Crippen LogP contribution in [0.2, 0.25) is 0 Å². The third-order valence-corrected chi connectivity index (χ3v) is 5.68. The molecule has 8 heteroatoms. The van der Waals surface area contributed by atoms with Crippen molar-refractivity contribution in [2.45, 2.75) is 33.2 Å². The number of rotatable bonds is 5. The Morgan fingerprint density at radius 1 is 1.15 bits per heavy atom. The van der Waals surface area contributed by atoms with Crippen molar-refractivity contribution < 1.29 is 4.52 Å². The summed E-state index contributed by atoms with van der Waals surface area (Å²) < 4.78 is 5.34.